The van der Waals surface area contributed by atoms with Crippen molar-refractivity contribution in [3.05, 3.63) is 76.2 Å². The Hall–Kier alpha value is -2.95. The summed E-state index contributed by atoms with van der Waals surface area (Å²) in [5.41, 5.74) is 3.67. The van der Waals surface area contributed by atoms with Crippen LogP contribution in [0.5, 0.6) is 0 Å². The third kappa shape index (κ3) is 3.25. The van der Waals surface area contributed by atoms with Crippen molar-refractivity contribution in [2.45, 2.75) is 44.7 Å². The molecule has 1 heterocycles. The molecule has 0 fully saturated rings. The second-order valence-corrected chi connectivity index (χ2v) is 7.80. The summed E-state index contributed by atoms with van der Waals surface area (Å²) in [6, 6.07) is 15.6. The van der Waals surface area contributed by atoms with Gasteiger partial charge in [0.2, 0.25) is 5.91 Å². The van der Waals surface area contributed by atoms with Gasteiger partial charge in [-0.25, -0.2) is 4.98 Å². The van der Waals surface area contributed by atoms with Gasteiger partial charge in [-0.2, -0.15) is 0 Å². The number of amides is 1. The van der Waals surface area contributed by atoms with Crippen LogP contribution in [0.2, 0.25) is 0 Å². The summed E-state index contributed by atoms with van der Waals surface area (Å²) >= 11 is 0. The van der Waals surface area contributed by atoms with E-state index in [1.54, 1.807) is 0 Å². The van der Waals surface area contributed by atoms with Crippen molar-refractivity contribution in [1.82, 2.24) is 14.9 Å². The van der Waals surface area contributed by atoms with Gasteiger partial charge in [0.25, 0.3) is 5.56 Å². The van der Waals surface area contributed by atoms with Crippen LogP contribution < -0.4 is 10.9 Å². The Morgan fingerprint density at radius 3 is 2.78 bits per heavy atom. The lowest BCUT2D eigenvalue weighted by Crippen LogP contribution is -2.38. The van der Waals surface area contributed by atoms with Gasteiger partial charge in [0.05, 0.1) is 23.3 Å². The monoisotopic (exact) mass is 361 g/mol. The molecule has 1 atom stereocenters. The van der Waals surface area contributed by atoms with Crippen LogP contribution >= 0.6 is 0 Å². The molecule has 0 spiro atoms. The minimum absolute atomic E-state index is 0.00999. The van der Waals surface area contributed by atoms with E-state index in [4.69, 9.17) is 0 Å². The summed E-state index contributed by atoms with van der Waals surface area (Å²) in [4.78, 5) is 29.2. The maximum atomic E-state index is 12.8. The smallest absolute Gasteiger partial charge is 0.269 e. The van der Waals surface area contributed by atoms with Crippen LogP contribution in [-0.2, 0) is 16.8 Å². The van der Waals surface area contributed by atoms with Crippen molar-refractivity contribution in [3.63, 3.8) is 0 Å². The highest BCUT2D eigenvalue weighted by molar-refractivity contribution is 5.80. The van der Waals surface area contributed by atoms with Crippen molar-refractivity contribution in [2.75, 3.05) is 0 Å². The zero-order valence-electron chi connectivity index (χ0n) is 15.6. The Bertz CT molecular complexity index is 1070. The topological polar surface area (TPSA) is 64.0 Å². The summed E-state index contributed by atoms with van der Waals surface area (Å²) in [6.07, 6.45) is 3.17. The summed E-state index contributed by atoms with van der Waals surface area (Å²) in [7, 11) is 0. The van der Waals surface area contributed by atoms with Crippen LogP contribution in [0.3, 0.4) is 0 Å². The SMILES string of the molecule is CC1(C)CC[C@@H](NC(=O)Cn2c(=O)cnc3ccccc32)c2ccccc21. The Balaban J connectivity index is 1.60. The van der Waals surface area contributed by atoms with Crippen LogP contribution in [0.15, 0.2) is 59.5 Å². The van der Waals surface area contributed by atoms with Gasteiger partial charge in [0.1, 0.15) is 6.54 Å². The first kappa shape index (κ1) is 17.5. The van der Waals surface area contributed by atoms with Gasteiger partial charge in [-0.15, -0.1) is 0 Å². The van der Waals surface area contributed by atoms with Crippen LogP contribution in [0.25, 0.3) is 11.0 Å². The number of carbonyl (C=O) groups excluding carboxylic acids is 1. The molecule has 1 amide bonds. The van der Waals surface area contributed by atoms with E-state index in [2.05, 4.69) is 36.3 Å². The van der Waals surface area contributed by atoms with Gasteiger partial charge in [0, 0.05) is 0 Å². The van der Waals surface area contributed by atoms with Crippen LogP contribution in [0.4, 0.5) is 0 Å². The number of fused-ring (bicyclic) bond motifs is 2. The highest BCUT2D eigenvalue weighted by Crippen LogP contribution is 2.41. The zero-order chi connectivity index (χ0) is 19.0. The van der Waals surface area contributed by atoms with E-state index < -0.39 is 0 Å². The third-order valence-electron chi connectivity index (χ3n) is 5.51. The lowest BCUT2D eigenvalue weighted by molar-refractivity contribution is -0.122. The fraction of sp³-hybridized carbons (Fsp3) is 0.318. The van der Waals surface area contributed by atoms with E-state index in [1.807, 2.05) is 36.4 Å². The number of rotatable bonds is 3. The van der Waals surface area contributed by atoms with E-state index in [1.165, 1.54) is 21.9 Å². The fourth-order valence-electron chi connectivity index (χ4n) is 4.02. The number of hydrogen-bond acceptors (Lipinski definition) is 3. The number of para-hydroxylation sites is 2. The first-order valence-electron chi connectivity index (χ1n) is 9.29. The molecule has 5 nitrogen and oxygen atoms in total. The van der Waals surface area contributed by atoms with E-state index >= 15 is 0 Å². The molecule has 0 unspecified atom stereocenters. The van der Waals surface area contributed by atoms with Gasteiger partial charge in [-0.1, -0.05) is 50.2 Å². The molecule has 0 radical (unpaired) electrons. The Morgan fingerprint density at radius 1 is 1.19 bits per heavy atom. The highest BCUT2D eigenvalue weighted by atomic mass is 16.2. The molecule has 0 bridgehead atoms. The number of carbonyl (C=O) groups is 1. The van der Waals surface area contributed by atoms with E-state index in [-0.39, 0.29) is 29.5 Å². The molecule has 0 saturated carbocycles. The normalized spacial score (nSPS) is 18.1. The first-order valence-corrected chi connectivity index (χ1v) is 9.29. The summed E-state index contributed by atoms with van der Waals surface area (Å²) in [6.45, 7) is 4.48. The molecule has 0 aliphatic heterocycles. The molecule has 1 N–H and O–H groups in total. The van der Waals surface area contributed by atoms with E-state index in [9.17, 15) is 9.59 Å². The molecule has 1 aliphatic rings. The van der Waals surface area contributed by atoms with Gasteiger partial charge in [-0.3, -0.25) is 14.2 Å². The number of aromatic nitrogens is 2. The maximum absolute atomic E-state index is 12.8. The largest absolute Gasteiger partial charge is 0.348 e. The highest BCUT2D eigenvalue weighted by Gasteiger charge is 2.32. The predicted molar refractivity (Wildman–Crippen MR) is 106 cm³/mol. The molecule has 1 aromatic heterocycles. The fourth-order valence-corrected chi connectivity index (χ4v) is 4.02. The minimum atomic E-state index is -0.269. The summed E-state index contributed by atoms with van der Waals surface area (Å²) < 4.78 is 1.48. The van der Waals surface area contributed by atoms with E-state index in [0.29, 0.717) is 11.0 Å². The van der Waals surface area contributed by atoms with Gasteiger partial charge >= 0.3 is 0 Å². The molecule has 2 aromatic carbocycles. The molecule has 1 aliphatic carbocycles. The third-order valence-corrected chi connectivity index (χ3v) is 5.51. The second-order valence-electron chi connectivity index (χ2n) is 7.80. The van der Waals surface area contributed by atoms with Crippen molar-refractivity contribution in [1.29, 1.82) is 0 Å². The molecular formula is C22H23N3O2. The molecule has 4 rings (SSSR count). The lowest BCUT2D eigenvalue weighted by Gasteiger charge is -2.37. The second kappa shape index (κ2) is 6.65. The summed E-state index contributed by atoms with van der Waals surface area (Å²) in [5.74, 6) is -0.159. The van der Waals surface area contributed by atoms with Gasteiger partial charge in [-0.05, 0) is 41.5 Å². The molecule has 3 aromatic rings. The lowest BCUT2D eigenvalue weighted by atomic mass is 9.71. The van der Waals surface area contributed by atoms with Gasteiger partial charge in [0.15, 0.2) is 0 Å². The molecule has 5 heteroatoms. The Kier molecular flexibility index (Phi) is 4.30. The van der Waals surface area contributed by atoms with E-state index in [0.717, 1.165) is 12.8 Å². The number of hydrogen-bond donors (Lipinski definition) is 1. The van der Waals surface area contributed by atoms with Crippen LogP contribution in [0.1, 0.15) is 43.9 Å². The molecule has 27 heavy (non-hydrogen) atoms. The van der Waals surface area contributed by atoms with Crippen molar-refractivity contribution in [3.8, 4) is 0 Å². The maximum Gasteiger partial charge on any atom is 0.269 e. The Morgan fingerprint density at radius 2 is 1.93 bits per heavy atom. The zero-order valence-corrected chi connectivity index (χ0v) is 15.6. The molecule has 138 valence electrons. The molecule has 0 saturated heterocycles. The average molecular weight is 361 g/mol. The quantitative estimate of drug-likeness (QED) is 0.778. The van der Waals surface area contributed by atoms with Crippen molar-refractivity contribution in [2.24, 2.45) is 0 Å². The first-order chi connectivity index (χ1) is 13.0. The molecular weight excluding hydrogens is 338 g/mol. The van der Waals surface area contributed by atoms with Crippen molar-refractivity contribution < 1.29 is 4.79 Å². The standard InChI is InChI=1S/C22H23N3O2/c1-22(2)12-11-17(15-7-3-4-8-16(15)22)24-20(26)14-25-19-10-6-5-9-18(19)23-13-21(25)27/h3-10,13,17H,11-12,14H2,1-2H3,(H,24,26)/t17-/m1/s1. The minimum Gasteiger partial charge on any atom is -0.348 e. The predicted octanol–water partition coefficient (Wildman–Crippen LogP) is 3.33. The average Bonchev–Trinajstić information content (AvgIpc) is 2.67. The number of nitrogens with zero attached hydrogens (tertiary/aromatic N) is 2. The van der Waals surface area contributed by atoms with Crippen LogP contribution in [0, 0.1) is 0 Å². The van der Waals surface area contributed by atoms with Crippen LogP contribution in [-0.4, -0.2) is 15.5 Å². The number of nitrogens with one attached hydrogen (secondary N) is 1. The van der Waals surface area contributed by atoms with Crippen molar-refractivity contribution >= 4 is 16.9 Å². The summed E-state index contributed by atoms with van der Waals surface area (Å²) in [5, 5.41) is 3.13. The van der Waals surface area contributed by atoms with Gasteiger partial charge < -0.3 is 5.32 Å². The number of benzene rings is 2. The Labute approximate surface area is 158 Å².